The maximum atomic E-state index is 15.3. The van der Waals surface area contributed by atoms with E-state index < -0.39 is 33.7 Å². The number of hydrogen-bond acceptors (Lipinski definition) is 5. The van der Waals surface area contributed by atoms with Crippen LogP contribution >= 0.6 is 0 Å². The zero-order valence-electron chi connectivity index (χ0n) is 19.0. The number of hydrogen-bond donors (Lipinski definition) is 2. The number of rotatable bonds is 6. The second kappa shape index (κ2) is 9.23. The molecule has 1 aliphatic heterocycles. The molecule has 0 amide bonds. The highest BCUT2D eigenvalue weighted by molar-refractivity contribution is 7.90. The normalized spacial score (nSPS) is 14.8. The molecular formula is C24H19F4N5O3S. The molecule has 0 atom stereocenters. The van der Waals surface area contributed by atoms with Crippen molar-refractivity contribution < 1.29 is 30.8 Å². The van der Waals surface area contributed by atoms with Crippen molar-refractivity contribution in [2.75, 3.05) is 17.8 Å². The number of halogens is 4. The van der Waals surface area contributed by atoms with Gasteiger partial charge in [0.05, 0.1) is 11.3 Å². The average Bonchev–Trinajstić information content (AvgIpc) is 3.55. The van der Waals surface area contributed by atoms with E-state index in [1.807, 2.05) is 0 Å². The average molecular weight is 534 g/mol. The number of fused-ring (bicyclic) bond motifs is 1. The molecule has 3 aromatic heterocycles. The van der Waals surface area contributed by atoms with Crippen LogP contribution in [0.3, 0.4) is 0 Å². The van der Waals surface area contributed by atoms with Crippen molar-refractivity contribution in [1.82, 2.24) is 19.3 Å². The molecule has 13 heteroatoms. The first-order chi connectivity index (χ1) is 17.5. The summed E-state index contributed by atoms with van der Waals surface area (Å²) in [6, 6.07) is 7.45. The van der Waals surface area contributed by atoms with Gasteiger partial charge in [-0.2, -0.15) is 25.9 Å². The number of aromatic nitrogens is 3. The molecule has 0 spiro atoms. The smallest absolute Gasteiger partial charge is 0.345 e. The van der Waals surface area contributed by atoms with Gasteiger partial charge in [-0.15, -0.1) is 0 Å². The third kappa shape index (κ3) is 4.79. The third-order valence-electron chi connectivity index (χ3n) is 6.05. The fourth-order valence-corrected chi connectivity index (χ4v) is 5.45. The number of anilines is 1. The summed E-state index contributed by atoms with van der Waals surface area (Å²) in [7, 11) is -3.98. The van der Waals surface area contributed by atoms with E-state index in [1.54, 1.807) is 0 Å². The SMILES string of the molecule is O=C(c1cccc(NS(=O)(=O)N2CCCC2)c1F)c1c[nH]c2ncc(-c3ccc(C(F)(F)F)nc3)cc12. The second-order valence-corrected chi connectivity index (χ2v) is 10.1. The van der Waals surface area contributed by atoms with Crippen LogP contribution in [0.15, 0.2) is 55.0 Å². The number of nitrogens with zero attached hydrogens (tertiary/aromatic N) is 3. The minimum atomic E-state index is -4.58. The van der Waals surface area contributed by atoms with Crippen LogP contribution in [-0.4, -0.2) is 46.5 Å². The van der Waals surface area contributed by atoms with Crippen molar-refractivity contribution in [2.24, 2.45) is 0 Å². The molecule has 0 radical (unpaired) electrons. The van der Waals surface area contributed by atoms with Gasteiger partial charge in [0.15, 0.2) is 11.6 Å². The first-order valence-electron chi connectivity index (χ1n) is 11.2. The van der Waals surface area contributed by atoms with Gasteiger partial charge in [-0.1, -0.05) is 12.1 Å². The van der Waals surface area contributed by atoms with Crippen LogP contribution in [0.1, 0.15) is 34.5 Å². The lowest BCUT2D eigenvalue weighted by atomic mass is 10.0. The molecule has 0 unspecified atom stereocenters. The number of nitrogens with one attached hydrogen (secondary N) is 2. The van der Waals surface area contributed by atoms with Crippen molar-refractivity contribution in [3.05, 3.63) is 77.6 Å². The number of benzene rings is 1. The summed E-state index contributed by atoms with van der Waals surface area (Å²) < 4.78 is 82.4. The van der Waals surface area contributed by atoms with Crippen molar-refractivity contribution in [1.29, 1.82) is 0 Å². The second-order valence-electron chi connectivity index (χ2n) is 8.46. The van der Waals surface area contributed by atoms with Crippen molar-refractivity contribution >= 4 is 32.7 Å². The molecule has 2 N–H and O–H groups in total. The third-order valence-corrected chi connectivity index (χ3v) is 7.57. The van der Waals surface area contributed by atoms with E-state index in [0.29, 0.717) is 48.1 Å². The van der Waals surface area contributed by atoms with E-state index in [0.717, 1.165) is 12.3 Å². The molecule has 192 valence electrons. The molecule has 1 aliphatic rings. The lowest BCUT2D eigenvalue weighted by Gasteiger charge is -2.17. The number of pyridine rings is 2. The van der Waals surface area contributed by atoms with Gasteiger partial charge in [0.25, 0.3) is 0 Å². The Morgan fingerprint density at radius 1 is 1.00 bits per heavy atom. The Bertz CT molecular complexity index is 1600. The predicted molar refractivity (Wildman–Crippen MR) is 128 cm³/mol. The summed E-state index contributed by atoms with van der Waals surface area (Å²) in [4.78, 5) is 23.8. The molecule has 1 saturated heterocycles. The van der Waals surface area contributed by atoms with Gasteiger partial charge in [0, 0.05) is 53.8 Å². The van der Waals surface area contributed by atoms with E-state index in [4.69, 9.17) is 0 Å². The number of carbonyl (C=O) groups excluding carboxylic acids is 1. The molecule has 4 heterocycles. The molecule has 1 aromatic carbocycles. The maximum absolute atomic E-state index is 15.3. The molecule has 37 heavy (non-hydrogen) atoms. The van der Waals surface area contributed by atoms with Crippen LogP contribution in [0.5, 0.6) is 0 Å². The molecule has 4 aromatic rings. The van der Waals surface area contributed by atoms with Crippen LogP contribution in [0.2, 0.25) is 0 Å². The Labute approximate surface area is 208 Å². The Kier molecular flexibility index (Phi) is 6.20. The van der Waals surface area contributed by atoms with Crippen molar-refractivity contribution in [2.45, 2.75) is 19.0 Å². The van der Waals surface area contributed by atoms with E-state index in [-0.39, 0.29) is 16.8 Å². The van der Waals surface area contributed by atoms with Gasteiger partial charge in [-0.3, -0.25) is 14.5 Å². The zero-order valence-corrected chi connectivity index (χ0v) is 19.8. The molecule has 1 fully saturated rings. The molecule has 0 saturated carbocycles. The quantitative estimate of drug-likeness (QED) is 0.274. The van der Waals surface area contributed by atoms with Crippen LogP contribution in [0.4, 0.5) is 23.2 Å². The first-order valence-corrected chi connectivity index (χ1v) is 12.6. The number of alkyl halides is 3. The number of aromatic amines is 1. The summed E-state index contributed by atoms with van der Waals surface area (Å²) in [6.45, 7) is 0.656. The number of carbonyl (C=O) groups is 1. The maximum Gasteiger partial charge on any atom is 0.433 e. The molecular weight excluding hydrogens is 514 g/mol. The van der Waals surface area contributed by atoms with Crippen molar-refractivity contribution in [3.8, 4) is 11.1 Å². The largest absolute Gasteiger partial charge is 0.433 e. The number of H-pyrrole nitrogens is 1. The summed E-state index contributed by atoms with van der Waals surface area (Å²) in [6.07, 6.45) is 0.640. The monoisotopic (exact) mass is 533 g/mol. The van der Waals surface area contributed by atoms with Crippen LogP contribution in [0, 0.1) is 5.82 Å². The van der Waals surface area contributed by atoms with Crippen LogP contribution in [-0.2, 0) is 16.4 Å². The highest BCUT2D eigenvalue weighted by Crippen LogP contribution is 2.31. The van der Waals surface area contributed by atoms with Crippen molar-refractivity contribution in [3.63, 3.8) is 0 Å². The Balaban J connectivity index is 1.47. The minimum absolute atomic E-state index is 0.0580. The van der Waals surface area contributed by atoms with E-state index in [2.05, 4.69) is 19.7 Å². The molecule has 0 bridgehead atoms. The molecule has 0 aliphatic carbocycles. The van der Waals surface area contributed by atoms with Gasteiger partial charge in [0.2, 0.25) is 0 Å². The van der Waals surface area contributed by atoms with E-state index in [1.165, 1.54) is 47.0 Å². The highest BCUT2D eigenvalue weighted by atomic mass is 32.2. The lowest BCUT2D eigenvalue weighted by Crippen LogP contribution is -2.33. The summed E-state index contributed by atoms with van der Waals surface area (Å²) >= 11 is 0. The van der Waals surface area contributed by atoms with Gasteiger partial charge in [-0.05, 0) is 37.1 Å². The van der Waals surface area contributed by atoms with Gasteiger partial charge in [-0.25, -0.2) is 9.37 Å². The molecule has 8 nitrogen and oxygen atoms in total. The fraction of sp³-hybridized carbons (Fsp3) is 0.208. The standard InChI is InChI=1S/C24H19F4N5O3S/c25-21-16(4-3-5-19(21)32-37(35,36)33-8-1-2-9-33)22(34)18-13-31-23-17(18)10-15(12-30-23)14-6-7-20(29-11-14)24(26,27)28/h3-7,10-13,32H,1-2,8-9H2,(H,30,31). The first kappa shape index (κ1) is 24.8. The van der Waals surface area contributed by atoms with Crippen LogP contribution in [0.25, 0.3) is 22.2 Å². The predicted octanol–water partition coefficient (Wildman–Crippen LogP) is 4.77. The van der Waals surface area contributed by atoms with Gasteiger partial charge >= 0.3 is 16.4 Å². The van der Waals surface area contributed by atoms with Gasteiger partial charge < -0.3 is 4.98 Å². The lowest BCUT2D eigenvalue weighted by molar-refractivity contribution is -0.141. The van der Waals surface area contributed by atoms with E-state index >= 15 is 4.39 Å². The van der Waals surface area contributed by atoms with Crippen LogP contribution < -0.4 is 4.72 Å². The summed E-state index contributed by atoms with van der Waals surface area (Å²) in [5.74, 6) is -1.75. The van der Waals surface area contributed by atoms with E-state index in [9.17, 15) is 26.4 Å². The minimum Gasteiger partial charge on any atom is -0.345 e. The summed E-state index contributed by atoms with van der Waals surface area (Å²) in [5, 5.41) is 0.310. The zero-order chi connectivity index (χ0) is 26.4. The van der Waals surface area contributed by atoms with Gasteiger partial charge in [0.1, 0.15) is 11.3 Å². The fourth-order valence-electron chi connectivity index (χ4n) is 4.14. The number of ketones is 1. The highest BCUT2D eigenvalue weighted by Gasteiger charge is 2.32. The Hall–Kier alpha value is -3.84. The Morgan fingerprint density at radius 2 is 1.73 bits per heavy atom. The Morgan fingerprint density at radius 3 is 2.41 bits per heavy atom. The molecule has 5 rings (SSSR count). The summed E-state index contributed by atoms with van der Waals surface area (Å²) in [5.41, 5.74) is -0.655. The topological polar surface area (TPSA) is 108 Å².